The van der Waals surface area contributed by atoms with E-state index >= 15 is 0 Å². The molecule has 0 aliphatic heterocycles. The van der Waals surface area contributed by atoms with Crippen LogP contribution in [0, 0.1) is 6.92 Å². The maximum Gasteiger partial charge on any atom is 0.120 e. The number of nitrogens with two attached hydrogens (primary N) is 1. The average molecular weight is 208 g/mol. The number of aromatic nitrogens is 1. The molecule has 0 bridgehead atoms. The Hall–Kier alpha value is -1.13. The van der Waals surface area contributed by atoms with Crippen LogP contribution >= 0.6 is 11.5 Å². The zero-order chi connectivity index (χ0) is 9.97. The molecule has 1 aromatic carbocycles. The van der Waals surface area contributed by atoms with Crippen LogP contribution in [0.5, 0.6) is 5.75 Å². The molecule has 0 amide bonds. The van der Waals surface area contributed by atoms with E-state index < -0.39 is 0 Å². The second-order valence-electron chi connectivity index (χ2n) is 3.06. The van der Waals surface area contributed by atoms with Gasteiger partial charge in [0, 0.05) is 11.9 Å². The highest BCUT2D eigenvalue weighted by Gasteiger charge is 2.02. The number of ether oxygens (including phenoxy) is 1. The molecule has 4 heteroatoms. The van der Waals surface area contributed by atoms with Gasteiger partial charge in [0.15, 0.2) is 0 Å². The molecule has 0 aliphatic carbocycles. The topological polar surface area (TPSA) is 48.1 Å². The van der Waals surface area contributed by atoms with Gasteiger partial charge in [-0.25, -0.2) is 0 Å². The third kappa shape index (κ3) is 1.71. The number of aryl methyl sites for hydroxylation is 1. The minimum absolute atomic E-state index is 0.541. The van der Waals surface area contributed by atoms with Crippen LogP contribution < -0.4 is 10.5 Å². The summed E-state index contributed by atoms with van der Waals surface area (Å²) in [5, 5.41) is 1.20. The molecule has 2 N–H and O–H groups in total. The minimum atomic E-state index is 0.541. The van der Waals surface area contributed by atoms with Crippen LogP contribution in [-0.4, -0.2) is 17.5 Å². The van der Waals surface area contributed by atoms with Crippen LogP contribution in [0.2, 0.25) is 0 Å². The Morgan fingerprint density at radius 3 is 3.14 bits per heavy atom. The van der Waals surface area contributed by atoms with E-state index in [1.54, 1.807) is 0 Å². The maximum absolute atomic E-state index is 5.43. The van der Waals surface area contributed by atoms with Crippen molar-refractivity contribution >= 4 is 21.6 Å². The molecular weight excluding hydrogens is 196 g/mol. The Morgan fingerprint density at radius 1 is 1.50 bits per heavy atom. The Kier molecular flexibility index (Phi) is 2.65. The van der Waals surface area contributed by atoms with E-state index in [1.165, 1.54) is 16.9 Å². The molecule has 0 aliphatic rings. The summed E-state index contributed by atoms with van der Waals surface area (Å²) in [5.41, 5.74) is 6.44. The van der Waals surface area contributed by atoms with Crippen molar-refractivity contribution in [2.24, 2.45) is 5.73 Å². The standard InChI is InChI=1S/C10H12N2OS/c1-7-9-3-2-8(13-5-4-11)6-10(9)14-12-7/h2-3,6H,4-5,11H2,1H3. The van der Waals surface area contributed by atoms with Crippen LogP contribution in [-0.2, 0) is 0 Å². The van der Waals surface area contributed by atoms with Crippen LogP contribution in [0.1, 0.15) is 5.69 Å². The Bertz CT molecular complexity index is 439. The number of hydrogen-bond donors (Lipinski definition) is 1. The molecule has 0 unspecified atom stereocenters. The van der Waals surface area contributed by atoms with Gasteiger partial charge in [-0.3, -0.25) is 0 Å². The largest absolute Gasteiger partial charge is 0.492 e. The third-order valence-corrected chi connectivity index (χ3v) is 2.91. The van der Waals surface area contributed by atoms with E-state index in [2.05, 4.69) is 4.37 Å². The fourth-order valence-electron chi connectivity index (χ4n) is 1.31. The lowest BCUT2D eigenvalue weighted by Crippen LogP contribution is -2.10. The molecular formula is C10H12N2OS. The van der Waals surface area contributed by atoms with Crippen molar-refractivity contribution in [1.29, 1.82) is 0 Å². The molecule has 1 heterocycles. The molecule has 74 valence electrons. The molecule has 2 rings (SSSR count). The monoisotopic (exact) mass is 208 g/mol. The molecule has 14 heavy (non-hydrogen) atoms. The van der Waals surface area contributed by atoms with Crippen LogP contribution in [0.4, 0.5) is 0 Å². The molecule has 0 spiro atoms. The minimum Gasteiger partial charge on any atom is -0.492 e. The van der Waals surface area contributed by atoms with Crippen LogP contribution in [0.15, 0.2) is 18.2 Å². The average Bonchev–Trinajstić information content (AvgIpc) is 2.57. The summed E-state index contributed by atoms with van der Waals surface area (Å²) in [4.78, 5) is 0. The number of hydrogen-bond acceptors (Lipinski definition) is 4. The van der Waals surface area contributed by atoms with Crippen molar-refractivity contribution < 1.29 is 4.74 Å². The van der Waals surface area contributed by atoms with E-state index in [0.29, 0.717) is 13.2 Å². The highest BCUT2D eigenvalue weighted by atomic mass is 32.1. The van der Waals surface area contributed by atoms with Gasteiger partial charge in [0.05, 0.1) is 10.4 Å². The van der Waals surface area contributed by atoms with Crippen molar-refractivity contribution in [3.63, 3.8) is 0 Å². The van der Waals surface area contributed by atoms with Crippen molar-refractivity contribution in [2.45, 2.75) is 6.92 Å². The van der Waals surface area contributed by atoms with Crippen molar-refractivity contribution in [3.8, 4) is 5.75 Å². The molecule has 1 aromatic heterocycles. The third-order valence-electron chi connectivity index (χ3n) is 2.01. The lowest BCUT2D eigenvalue weighted by molar-refractivity contribution is 0.329. The number of fused-ring (bicyclic) bond motifs is 1. The highest BCUT2D eigenvalue weighted by Crippen LogP contribution is 2.26. The zero-order valence-electron chi connectivity index (χ0n) is 7.99. The van der Waals surface area contributed by atoms with Gasteiger partial charge >= 0.3 is 0 Å². The number of nitrogens with zero attached hydrogens (tertiary/aromatic N) is 1. The predicted molar refractivity (Wildman–Crippen MR) is 58.9 cm³/mol. The first-order valence-electron chi connectivity index (χ1n) is 4.50. The molecule has 0 fully saturated rings. The van der Waals surface area contributed by atoms with Gasteiger partial charge in [0.1, 0.15) is 12.4 Å². The Balaban J connectivity index is 2.32. The van der Waals surface area contributed by atoms with Gasteiger partial charge in [-0.2, -0.15) is 4.37 Å². The predicted octanol–water partition coefficient (Wildman–Crippen LogP) is 1.94. The Morgan fingerprint density at radius 2 is 2.36 bits per heavy atom. The summed E-state index contributed by atoms with van der Waals surface area (Å²) in [5.74, 6) is 0.867. The van der Waals surface area contributed by atoms with Crippen molar-refractivity contribution in [1.82, 2.24) is 4.37 Å². The number of benzene rings is 1. The SMILES string of the molecule is Cc1nsc2cc(OCCN)ccc12. The summed E-state index contributed by atoms with van der Waals surface area (Å²) in [6.07, 6.45) is 0. The lowest BCUT2D eigenvalue weighted by Gasteiger charge is -2.03. The fourth-order valence-corrected chi connectivity index (χ4v) is 2.13. The van der Waals surface area contributed by atoms with E-state index in [9.17, 15) is 0 Å². The molecule has 0 saturated heterocycles. The first-order chi connectivity index (χ1) is 6.81. The van der Waals surface area contributed by atoms with Gasteiger partial charge in [0.25, 0.3) is 0 Å². The summed E-state index contributed by atoms with van der Waals surface area (Å²) in [6, 6.07) is 6.01. The van der Waals surface area contributed by atoms with E-state index in [-0.39, 0.29) is 0 Å². The molecule has 0 saturated carbocycles. The second kappa shape index (κ2) is 3.94. The highest BCUT2D eigenvalue weighted by molar-refractivity contribution is 7.13. The summed E-state index contributed by atoms with van der Waals surface area (Å²) in [7, 11) is 0. The zero-order valence-corrected chi connectivity index (χ0v) is 8.80. The van der Waals surface area contributed by atoms with Gasteiger partial charge in [0.2, 0.25) is 0 Å². The summed E-state index contributed by atoms with van der Waals surface area (Å²) < 4.78 is 10.9. The van der Waals surface area contributed by atoms with Crippen molar-refractivity contribution in [2.75, 3.05) is 13.2 Å². The molecule has 2 aromatic rings. The normalized spacial score (nSPS) is 10.7. The van der Waals surface area contributed by atoms with Crippen LogP contribution in [0.3, 0.4) is 0 Å². The first-order valence-corrected chi connectivity index (χ1v) is 5.27. The van der Waals surface area contributed by atoms with Gasteiger partial charge in [-0.05, 0) is 36.7 Å². The second-order valence-corrected chi connectivity index (χ2v) is 3.87. The molecule has 0 radical (unpaired) electrons. The molecule has 3 nitrogen and oxygen atoms in total. The lowest BCUT2D eigenvalue weighted by atomic mass is 10.2. The fraction of sp³-hybridized carbons (Fsp3) is 0.300. The first kappa shape index (κ1) is 9.43. The van der Waals surface area contributed by atoms with Gasteiger partial charge in [-0.1, -0.05) is 0 Å². The van der Waals surface area contributed by atoms with Crippen LogP contribution in [0.25, 0.3) is 10.1 Å². The quantitative estimate of drug-likeness (QED) is 0.838. The Labute approximate surface area is 86.7 Å². The summed E-state index contributed by atoms with van der Waals surface area (Å²) in [6.45, 7) is 3.11. The maximum atomic E-state index is 5.43. The summed E-state index contributed by atoms with van der Waals surface area (Å²) >= 11 is 1.50. The van der Waals surface area contributed by atoms with E-state index in [1.807, 2.05) is 25.1 Å². The number of rotatable bonds is 3. The van der Waals surface area contributed by atoms with Crippen molar-refractivity contribution in [3.05, 3.63) is 23.9 Å². The van der Waals surface area contributed by atoms with E-state index in [4.69, 9.17) is 10.5 Å². The smallest absolute Gasteiger partial charge is 0.120 e. The molecule has 0 atom stereocenters. The van der Waals surface area contributed by atoms with Gasteiger partial charge < -0.3 is 10.5 Å². The van der Waals surface area contributed by atoms with Gasteiger partial charge in [-0.15, -0.1) is 0 Å². The van der Waals surface area contributed by atoms with E-state index in [0.717, 1.165) is 16.1 Å².